The number of hydrogen-bond donors (Lipinski definition) is 2. The minimum atomic E-state index is -0.542. The van der Waals surface area contributed by atoms with E-state index in [1.807, 2.05) is 72.8 Å². The van der Waals surface area contributed by atoms with Crippen molar-refractivity contribution in [3.63, 3.8) is 0 Å². The highest BCUT2D eigenvalue weighted by molar-refractivity contribution is 9.10. The van der Waals surface area contributed by atoms with Crippen LogP contribution in [0.4, 0.5) is 5.95 Å². The lowest BCUT2D eigenvalue weighted by atomic mass is 10.1. The molecule has 0 fully saturated rings. The lowest BCUT2D eigenvalue weighted by molar-refractivity contribution is 0.305. The van der Waals surface area contributed by atoms with E-state index in [4.69, 9.17) is 4.74 Å². The quantitative estimate of drug-likeness (QED) is 0.272. The van der Waals surface area contributed by atoms with Crippen LogP contribution in [0.15, 0.2) is 93.2 Å². The summed E-state index contributed by atoms with van der Waals surface area (Å²) < 4.78 is 6.85. The Hall–Kier alpha value is -4.22. The van der Waals surface area contributed by atoms with Gasteiger partial charge in [0.25, 0.3) is 5.56 Å². The molecule has 33 heavy (non-hydrogen) atoms. The molecule has 0 bridgehead atoms. The SMILES string of the molecule is N#Cc1c(-c2ccccc2)nc(NN=Cc2ccc(Br)cc2OCc2ccccc2)[nH]c1=O. The third-order valence-corrected chi connectivity index (χ3v) is 5.16. The molecule has 0 amide bonds. The molecule has 4 rings (SSSR count). The van der Waals surface area contributed by atoms with Gasteiger partial charge in [0.2, 0.25) is 5.95 Å². The van der Waals surface area contributed by atoms with Crippen molar-refractivity contribution in [2.24, 2.45) is 5.10 Å². The average Bonchev–Trinajstić information content (AvgIpc) is 2.85. The van der Waals surface area contributed by atoms with Gasteiger partial charge in [-0.05, 0) is 23.8 Å². The summed E-state index contributed by atoms with van der Waals surface area (Å²) in [4.78, 5) is 19.3. The molecule has 7 nitrogen and oxygen atoms in total. The van der Waals surface area contributed by atoms with Crippen molar-refractivity contribution in [1.82, 2.24) is 9.97 Å². The maximum atomic E-state index is 12.4. The van der Waals surface area contributed by atoms with Crippen molar-refractivity contribution < 1.29 is 4.74 Å². The third kappa shape index (κ3) is 5.53. The van der Waals surface area contributed by atoms with Crippen LogP contribution in [-0.2, 0) is 6.61 Å². The van der Waals surface area contributed by atoms with Gasteiger partial charge >= 0.3 is 0 Å². The van der Waals surface area contributed by atoms with Gasteiger partial charge in [-0.25, -0.2) is 10.4 Å². The van der Waals surface area contributed by atoms with Crippen molar-refractivity contribution in [3.8, 4) is 23.1 Å². The van der Waals surface area contributed by atoms with E-state index >= 15 is 0 Å². The lowest BCUT2D eigenvalue weighted by Gasteiger charge is -2.10. The summed E-state index contributed by atoms with van der Waals surface area (Å²) >= 11 is 3.46. The van der Waals surface area contributed by atoms with Gasteiger partial charge < -0.3 is 4.74 Å². The minimum Gasteiger partial charge on any atom is -0.488 e. The lowest BCUT2D eigenvalue weighted by Crippen LogP contribution is -2.16. The first kappa shape index (κ1) is 22.0. The number of nitrogens with zero attached hydrogens (tertiary/aromatic N) is 3. The molecule has 0 saturated carbocycles. The van der Waals surface area contributed by atoms with E-state index in [0.717, 1.165) is 15.6 Å². The fourth-order valence-corrected chi connectivity index (χ4v) is 3.41. The Balaban J connectivity index is 1.56. The molecule has 162 valence electrons. The van der Waals surface area contributed by atoms with Crippen LogP contribution in [-0.4, -0.2) is 16.2 Å². The second kappa shape index (κ2) is 10.4. The Kier molecular flexibility index (Phi) is 6.93. The van der Waals surface area contributed by atoms with E-state index in [0.29, 0.717) is 17.9 Å². The van der Waals surface area contributed by atoms with Crippen LogP contribution < -0.4 is 15.7 Å². The van der Waals surface area contributed by atoms with Crippen LogP contribution in [0.25, 0.3) is 11.3 Å². The molecule has 0 saturated heterocycles. The van der Waals surface area contributed by atoms with Crippen LogP contribution in [0.1, 0.15) is 16.7 Å². The fraction of sp³-hybridized carbons (Fsp3) is 0.0400. The molecule has 8 heteroatoms. The molecule has 1 aromatic heterocycles. The second-order valence-corrected chi connectivity index (χ2v) is 7.86. The number of anilines is 1. The van der Waals surface area contributed by atoms with Gasteiger partial charge in [-0.2, -0.15) is 10.4 Å². The number of hydrazone groups is 1. The van der Waals surface area contributed by atoms with E-state index < -0.39 is 5.56 Å². The molecule has 0 aliphatic carbocycles. The molecule has 0 unspecified atom stereocenters. The molecule has 0 aliphatic rings. The van der Waals surface area contributed by atoms with Crippen LogP contribution in [0, 0.1) is 11.3 Å². The third-order valence-electron chi connectivity index (χ3n) is 4.67. The van der Waals surface area contributed by atoms with Crippen LogP contribution >= 0.6 is 15.9 Å². The maximum Gasteiger partial charge on any atom is 0.270 e. The van der Waals surface area contributed by atoms with Crippen molar-refractivity contribution >= 4 is 28.1 Å². The normalized spacial score (nSPS) is 10.7. The molecule has 0 aliphatic heterocycles. The molecule has 0 radical (unpaired) electrons. The van der Waals surface area contributed by atoms with Gasteiger partial charge in [-0.1, -0.05) is 76.6 Å². The topological polar surface area (TPSA) is 103 Å². The van der Waals surface area contributed by atoms with E-state index in [9.17, 15) is 10.1 Å². The predicted octanol–water partition coefficient (Wildman–Crippen LogP) is 5.10. The van der Waals surface area contributed by atoms with E-state index in [-0.39, 0.29) is 17.2 Å². The summed E-state index contributed by atoms with van der Waals surface area (Å²) in [5, 5.41) is 13.6. The molecule has 3 aromatic carbocycles. The largest absolute Gasteiger partial charge is 0.488 e. The Morgan fingerprint density at radius 1 is 1.09 bits per heavy atom. The highest BCUT2D eigenvalue weighted by Gasteiger charge is 2.13. The van der Waals surface area contributed by atoms with Crippen LogP contribution in [0.5, 0.6) is 5.75 Å². The number of nitrogens with one attached hydrogen (secondary N) is 2. The number of aromatic nitrogens is 2. The number of aromatic amines is 1. The monoisotopic (exact) mass is 499 g/mol. The number of ether oxygens (including phenoxy) is 1. The molecular weight excluding hydrogens is 482 g/mol. The molecule has 0 spiro atoms. The van der Waals surface area contributed by atoms with Gasteiger partial charge in [0.05, 0.1) is 11.9 Å². The second-order valence-electron chi connectivity index (χ2n) is 6.94. The Morgan fingerprint density at radius 2 is 1.82 bits per heavy atom. The Labute approximate surface area is 198 Å². The standard InChI is InChI=1S/C25H18BrN5O2/c26-20-12-11-19(22(13-20)33-16-17-7-3-1-4-8-17)15-28-31-25-29-23(18-9-5-2-6-10-18)21(14-27)24(32)30-25/h1-13,15H,16H2,(H2,29,30,31,32). The highest BCUT2D eigenvalue weighted by atomic mass is 79.9. The maximum absolute atomic E-state index is 12.4. The molecule has 0 atom stereocenters. The zero-order chi connectivity index (χ0) is 23.0. The Morgan fingerprint density at radius 3 is 2.55 bits per heavy atom. The van der Waals surface area contributed by atoms with E-state index in [1.54, 1.807) is 18.3 Å². The summed E-state index contributed by atoms with van der Waals surface area (Å²) in [7, 11) is 0. The molecule has 1 heterocycles. The molecule has 4 aromatic rings. The predicted molar refractivity (Wildman–Crippen MR) is 131 cm³/mol. The summed E-state index contributed by atoms with van der Waals surface area (Å²) in [6.07, 6.45) is 1.58. The van der Waals surface area contributed by atoms with Crippen molar-refractivity contribution in [3.05, 3.63) is 110 Å². The smallest absolute Gasteiger partial charge is 0.270 e. The first-order chi connectivity index (χ1) is 16.1. The zero-order valence-corrected chi connectivity index (χ0v) is 18.9. The summed E-state index contributed by atoms with van der Waals surface area (Å²) in [6, 6.07) is 26.4. The van der Waals surface area contributed by atoms with Crippen LogP contribution in [0.2, 0.25) is 0 Å². The number of benzene rings is 3. The first-order valence-corrected chi connectivity index (χ1v) is 10.8. The van der Waals surface area contributed by atoms with Crippen molar-refractivity contribution in [2.45, 2.75) is 6.61 Å². The van der Waals surface area contributed by atoms with Gasteiger partial charge in [-0.3, -0.25) is 9.78 Å². The number of nitriles is 1. The minimum absolute atomic E-state index is 0.0553. The van der Waals surface area contributed by atoms with E-state index in [1.165, 1.54) is 0 Å². The highest BCUT2D eigenvalue weighted by Crippen LogP contribution is 2.24. The molecular formula is C25H18BrN5O2. The van der Waals surface area contributed by atoms with Crippen LogP contribution in [0.3, 0.4) is 0 Å². The van der Waals surface area contributed by atoms with E-state index in [2.05, 4.69) is 36.4 Å². The molecule has 2 N–H and O–H groups in total. The van der Waals surface area contributed by atoms with Crippen molar-refractivity contribution in [2.75, 3.05) is 5.43 Å². The summed E-state index contributed by atoms with van der Waals surface area (Å²) in [6.45, 7) is 0.413. The fourth-order valence-electron chi connectivity index (χ4n) is 3.07. The van der Waals surface area contributed by atoms with Gasteiger partial charge in [0.1, 0.15) is 24.0 Å². The first-order valence-electron chi connectivity index (χ1n) is 9.99. The van der Waals surface area contributed by atoms with Gasteiger partial charge in [0.15, 0.2) is 0 Å². The summed E-state index contributed by atoms with van der Waals surface area (Å²) in [5.74, 6) is 0.767. The number of H-pyrrole nitrogens is 1. The van der Waals surface area contributed by atoms with Gasteiger partial charge in [-0.15, -0.1) is 0 Å². The zero-order valence-electron chi connectivity index (χ0n) is 17.3. The number of halogens is 1. The average molecular weight is 500 g/mol. The Bertz CT molecular complexity index is 1380. The summed E-state index contributed by atoms with van der Waals surface area (Å²) in [5.41, 5.74) is 4.87. The number of rotatable bonds is 7. The van der Waals surface area contributed by atoms with Gasteiger partial charge in [0, 0.05) is 15.6 Å². The van der Waals surface area contributed by atoms with Crippen molar-refractivity contribution in [1.29, 1.82) is 5.26 Å². The number of hydrogen-bond acceptors (Lipinski definition) is 6.